The van der Waals surface area contributed by atoms with E-state index in [-0.39, 0.29) is 25.1 Å². The topological polar surface area (TPSA) is 182 Å². The first kappa shape index (κ1) is 28.6. The zero-order valence-corrected chi connectivity index (χ0v) is 21.1. The number of carboxylic acid groups (broad SMARTS) is 1. The van der Waals surface area contributed by atoms with Gasteiger partial charge in [0, 0.05) is 19.4 Å². The number of nitrogens with one attached hydrogen (secondary N) is 2. The van der Waals surface area contributed by atoms with Crippen LogP contribution in [0.1, 0.15) is 30.9 Å². The lowest BCUT2D eigenvalue weighted by Gasteiger charge is -2.30. The lowest BCUT2D eigenvalue weighted by molar-refractivity contribution is -0.145. The molecule has 0 bridgehead atoms. The third kappa shape index (κ3) is 7.53. The van der Waals surface area contributed by atoms with Crippen LogP contribution in [0.15, 0.2) is 54.6 Å². The number of phenols is 1. The van der Waals surface area contributed by atoms with Gasteiger partial charge in [0.05, 0.1) is 6.10 Å². The minimum atomic E-state index is -1.27. The van der Waals surface area contributed by atoms with E-state index in [4.69, 9.17) is 5.73 Å². The molecule has 0 aromatic heterocycles. The molecule has 1 saturated heterocycles. The summed E-state index contributed by atoms with van der Waals surface area (Å²) in [5.74, 6) is -3.00. The predicted octanol–water partition coefficient (Wildman–Crippen LogP) is -0.0693. The molecule has 1 heterocycles. The Bertz CT molecular complexity index is 1120. The van der Waals surface area contributed by atoms with Crippen molar-refractivity contribution in [1.29, 1.82) is 0 Å². The molecule has 5 atom stereocenters. The Morgan fingerprint density at radius 1 is 0.974 bits per heavy atom. The van der Waals surface area contributed by atoms with E-state index in [1.54, 1.807) is 42.5 Å². The van der Waals surface area contributed by atoms with E-state index in [2.05, 4.69) is 10.6 Å². The van der Waals surface area contributed by atoms with Crippen molar-refractivity contribution >= 4 is 23.7 Å². The van der Waals surface area contributed by atoms with Crippen molar-refractivity contribution in [3.63, 3.8) is 0 Å². The van der Waals surface area contributed by atoms with Crippen LogP contribution < -0.4 is 16.4 Å². The highest BCUT2D eigenvalue weighted by atomic mass is 16.4. The summed E-state index contributed by atoms with van der Waals surface area (Å²) in [5, 5.41) is 34.1. The molecule has 1 aliphatic heterocycles. The molecule has 1 fully saturated rings. The molecule has 2 aromatic carbocycles. The number of nitrogens with two attached hydrogens (primary N) is 1. The summed E-state index contributed by atoms with van der Waals surface area (Å²) in [6.07, 6.45) is -0.162. The molecule has 0 saturated carbocycles. The quantitative estimate of drug-likeness (QED) is 0.235. The van der Waals surface area contributed by atoms with E-state index in [0.717, 1.165) is 5.56 Å². The summed E-state index contributed by atoms with van der Waals surface area (Å²) >= 11 is 0. The number of rotatable bonds is 11. The van der Waals surface area contributed by atoms with Gasteiger partial charge in [0.15, 0.2) is 0 Å². The number of amides is 3. The lowest BCUT2D eigenvalue weighted by atomic mass is 10.0. The number of nitrogens with zero attached hydrogens (tertiary/aromatic N) is 1. The monoisotopic (exact) mass is 526 g/mol. The molecule has 11 nitrogen and oxygen atoms in total. The van der Waals surface area contributed by atoms with Crippen molar-refractivity contribution in [3.05, 3.63) is 65.7 Å². The molecule has 0 aliphatic carbocycles. The fourth-order valence-electron chi connectivity index (χ4n) is 4.38. The number of aliphatic hydroxyl groups excluding tert-OH is 1. The second-order valence-corrected chi connectivity index (χ2v) is 9.48. The Balaban J connectivity index is 1.77. The van der Waals surface area contributed by atoms with Crippen LogP contribution in [0.3, 0.4) is 0 Å². The Morgan fingerprint density at radius 3 is 2.18 bits per heavy atom. The standard InChI is InChI=1S/C27H34N4O7/c1-16(32)23(28)25(35)29-20(14-18-9-11-19(33)12-10-18)26(36)31-13-5-8-22(31)24(34)30-21(27(37)38)15-17-6-3-2-4-7-17/h2-4,6-7,9-12,16,20-23,32-33H,5,8,13-15,28H2,1H3,(H,29,35)(H,30,34)(H,37,38). The van der Waals surface area contributed by atoms with E-state index in [1.165, 1.54) is 24.0 Å². The third-order valence-corrected chi connectivity index (χ3v) is 6.55. The number of carboxylic acids is 1. The zero-order chi connectivity index (χ0) is 27.8. The van der Waals surface area contributed by atoms with Gasteiger partial charge in [-0.3, -0.25) is 14.4 Å². The van der Waals surface area contributed by atoms with Crippen molar-refractivity contribution in [3.8, 4) is 5.75 Å². The van der Waals surface area contributed by atoms with Crippen LogP contribution in [0.5, 0.6) is 5.75 Å². The van der Waals surface area contributed by atoms with Gasteiger partial charge in [-0.2, -0.15) is 0 Å². The first-order chi connectivity index (χ1) is 18.1. The van der Waals surface area contributed by atoms with Gasteiger partial charge in [-0.15, -0.1) is 0 Å². The number of aliphatic carboxylic acids is 1. The van der Waals surface area contributed by atoms with E-state index >= 15 is 0 Å². The van der Waals surface area contributed by atoms with Gasteiger partial charge >= 0.3 is 5.97 Å². The molecule has 204 valence electrons. The molecule has 3 amide bonds. The second kappa shape index (κ2) is 13.0. The van der Waals surface area contributed by atoms with Gasteiger partial charge in [0.2, 0.25) is 17.7 Å². The summed E-state index contributed by atoms with van der Waals surface area (Å²) in [6, 6.07) is 10.5. The number of phenolic OH excluding ortho intramolecular Hbond substituents is 1. The normalized spacial score (nSPS) is 18.2. The smallest absolute Gasteiger partial charge is 0.326 e. The molecule has 1 aliphatic rings. The maximum atomic E-state index is 13.6. The first-order valence-electron chi connectivity index (χ1n) is 12.5. The van der Waals surface area contributed by atoms with Gasteiger partial charge in [0.25, 0.3) is 0 Å². The van der Waals surface area contributed by atoms with Gasteiger partial charge in [0.1, 0.15) is 29.9 Å². The molecule has 11 heteroatoms. The molecule has 7 N–H and O–H groups in total. The number of hydrogen-bond acceptors (Lipinski definition) is 7. The molecule has 0 spiro atoms. The third-order valence-electron chi connectivity index (χ3n) is 6.55. The van der Waals surface area contributed by atoms with Crippen molar-refractivity contribution in [2.75, 3.05) is 6.54 Å². The molecule has 38 heavy (non-hydrogen) atoms. The summed E-state index contributed by atoms with van der Waals surface area (Å²) in [4.78, 5) is 52.6. The van der Waals surface area contributed by atoms with Crippen LogP contribution in [0.25, 0.3) is 0 Å². The van der Waals surface area contributed by atoms with E-state index in [1.807, 2.05) is 0 Å². The van der Waals surface area contributed by atoms with Crippen molar-refractivity contribution < 1.29 is 34.5 Å². The fraction of sp³-hybridized carbons (Fsp3) is 0.407. The number of aliphatic hydroxyl groups is 1. The Labute approximate surface area is 220 Å². The SMILES string of the molecule is CC(O)C(N)C(=O)NC(Cc1ccc(O)cc1)C(=O)N1CCCC1C(=O)NC(Cc1ccccc1)C(=O)O. The fourth-order valence-corrected chi connectivity index (χ4v) is 4.38. The van der Waals surface area contributed by atoms with E-state index in [0.29, 0.717) is 18.4 Å². The average Bonchev–Trinajstić information content (AvgIpc) is 3.39. The van der Waals surface area contributed by atoms with Crippen LogP contribution in [0.4, 0.5) is 0 Å². The maximum Gasteiger partial charge on any atom is 0.326 e. The maximum absolute atomic E-state index is 13.6. The van der Waals surface area contributed by atoms with Crippen LogP contribution in [0, 0.1) is 0 Å². The number of benzene rings is 2. The molecule has 5 unspecified atom stereocenters. The number of carbonyl (C=O) groups is 4. The highest BCUT2D eigenvalue weighted by molar-refractivity contribution is 5.94. The number of hydrogen-bond donors (Lipinski definition) is 6. The van der Waals surface area contributed by atoms with Gasteiger partial charge < -0.3 is 36.6 Å². The Hall–Kier alpha value is -3.96. The summed E-state index contributed by atoms with van der Waals surface area (Å²) < 4.78 is 0. The van der Waals surface area contributed by atoms with E-state index in [9.17, 15) is 34.5 Å². The van der Waals surface area contributed by atoms with Crippen LogP contribution in [-0.4, -0.2) is 80.7 Å². The second-order valence-electron chi connectivity index (χ2n) is 9.48. The number of likely N-dealkylation sites (tertiary alicyclic amines) is 1. The van der Waals surface area contributed by atoms with Crippen LogP contribution in [0.2, 0.25) is 0 Å². The number of carbonyl (C=O) groups excluding carboxylic acids is 3. The molecule has 3 rings (SSSR count). The lowest BCUT2D eigenvalue weighted by Crippen LogP contribution is -2.58. The minimum Gasteiger partial charge on any atom is -0.508 e. The Morgan fingerprint density at radius 2 is 1.58 bits per heavy atom. The molecular formula is C27H34N4O7. The van der Waals surface area contributed by atoms with E-state index < -0.39 is 54.0 Å². The van der Waals surface area contributed by atoms with Crippen molar-refractivity contribution in [2.24, 2.45) is 5.73 Å². The van der Waals surface area contributed by atoms with Crippen molar-refractivity contribution in [1.82, 2.24) is 15.5 Å². The molecule has 2 aromatic rings. The van der Waals surface area contributed by atoms with Crippen molar-refractivity contribution in [2.45, 2.75) is 62.9 Å². The summed E-state index contributed by atoms with van der Waals surface area (Å²) in [7, 11) is 0. The first-order valence-corrected chi connectivity index (χ1v) is 12.5. The van der Waals surface area contributed by atoms with Crippen LogP contribution in [-0.2, 0) is 32.0 Å². The minimum absolute atomic E-state index is 0.0385. The van der Waals surface area contributed by atoms with Gasteiger partial charge in [-0.05, 0) is 43.0 Å². The summed E-state index contributed by atoms with van der Waals surface area (Å²) in [6.45, 7) is 1.61. The number of aromatic hydroxyl groups is 1. The van der Waals surface area contributed by atoms with Gasteiger partial charge in [-0.25, -0.2) is 4.79 Å². The van der Waals surface area contributed by atoms with Crippen LogP contribution >= 0.6 is 0 Å². The molecular weight excluding hydrogens is 492 g/mol. The molecule has 0 radical (unpaired) electrons. The average molecular weight is 527 g/mol. The Kier molecular flexibility index (Phi) is 9.80. The highest BCUT2D eigenvalue weighted by Crippen LogP contribution is 2.21. The zero-order valence-electron chi connectivity index (χ0n) is 21.1. The highest BCUT2D eigenvalue weighted by Gasteiger charge is 2.39. The largest absolute Gasteiger partial charge is 0.508 e. The van der Waals surface area contributed by atoms with Gasteiger partial charge in [-0.1, -0.05) is 42.5 Å². The predicted molar refractivity (Wildman–Crippen MR) is 138 cm³/mol. The summed E-state index contributed by atoms with van der Waals surface area (Å²) in [5.41, 5.74) is 7.14.